The van der Waals surface area contributed by atoms with Crippen LogP contribution in [0.4, 0.5) is 17.6 Å². The number of hydrogen-bond donors (Lipinski definition) is 0. The number of allylic oxidation sites excluding steroid dienone is 4. The Kier molecular flexibility index (Phi) is 6.93. The van der Waals surface area contributed by atoms with Gasteiger partial charge in [0.15, 0.2) is 23.7 Å². The van der Waals surface area contributed by atoms with Crippen molar-refractivity contribution in [3.8, 4) is 17.6 Å². The smallest absolute Gasteiger partial charge is 0.311 e. The van der Waals surface area contributed by atoms with Crippen molar-refractivity contribution in [3.63, 3.8) is 0 Å². The van der Waals surface area contributed by atoms with E-state index in [1.165, 1.54) is 6.92 Å². The molecule has 37 heavy (non-hydrogen) atoms. The second-order valence-electron chi connectivity index (χ2n) is 10.4. The number of benzene rings is 2. The van der Waals surface area contributed by atoms with Crippen molar-refractivity contribution >= 4 is 5.97 Å². The summed E-state index contributed by atoms with van der Waals surface area (Å²) >= 11 is 0. The van der Waals surface area contributed by atoms with E-state index in [-0.39, 0.29) is 12.0 Å². The van der Waals surface area contributed by atoms with E-state index in [0.29, 0.717) is 17.1 Å². The van der Waals surface area contributed by atoms with Crippen molar-refractivity contribution < 1.29 is 31.8 Å². The molecule has 0 saturated heterocycles. The Balaban J connectivity index is 1.52. The number of para-hydroxylation sites is 1. The van der Waals surface area contributed by atoms with Crippen LogP contribution in [0.15, 0.2) is 77.7 Å². The van der Waals surface area contributed by atoms with Gasteiger partial charge in [-0.15, -0.1) is 0 Å². The van der Waals surface area contributed by atoms with Gasteiger partial charge in [-0.05, 0) is 47.1 Å². The van der Waals surface area contributed by atoms with Gasteiger partial charge < -0.3 is 9.47 Å². The Bertz CT molecular complexity index is 1310. The van der Waals surface area contributed by atoms with Gasteiger partial charge in [0.2, 0.25) is 6.10 Å². The van der Waals surface area contributed by atoms with Crippen LogP contribution >= 0.6 is 0 Å². The number of esters is 1. The lowest BCUT2D eigenvalue weighted by Gasteiger charge is -2.27. The molecular weight excluding hydrogens is 486 g/mol. The monoisotopic (exact) mass is 513 g/mol. The number of nitrogens with zero attached hydrogens (tertiary/aromatic N) is 1. The molecule has 0 aromatic heterocycles. The Morgan fingerprint density at radius 3 is 2.32 bits per heavy atom. The number of rotatable bonds is 7. The second-order valence-corrected chi connectivity index (χ2v) is 10.4. The lowest BCUT2D eigenvalue weighted by molar-refractivity contribution is -0.150. The maximum absolute atomic E-state index is 14.6. The van der Waals surface area contributed by atoms with E-state index in [9.17, 15) is 27.6 Å². The lowest BCUT2D eigenvalue weighted by atomic mass is 9.80. The van der Waals surface area contributed by atoms with Crippen molar-refractivity contribution in [3.05, 3.63) is 83.2 Å². The van der Waals surface area contributed by atoms with Gasteiger partial charge in [0.25, 0.3) is 0 Å². The maximum atomic E-state index is 14.6. The van der Waals surface area contributed by atoms with Crippen LogP contribution < -0.4 is 4.74 Å². The van der Waals surface area contributed by atoms with Gasteiger partial charge in [-0.3, -0.25) is 4.79 Å². The summed E-state index contributed by atoms with van der Waals surface area (Å²) in [6, 6.07) is 17.6. The molecule has 0 aliphatic heterocycles. The molecule has 4 rings (SSSR count). The minimum atomic E-state index is -2.29. The summed E-state index contributed by atoms with van der Waals surface area (Å²) in [6.07, 6.45) is -3.69. The quantitative estimate of drug-likeness (QED) is 0.278. The first kappa shape index (κ1) is 26.5. The predicted molar refractivity (Wildman–Crippen MR) is 129 cm³/mol. The molecule has 2 aromatic rings. The summed E-state index contributed by atoms with van der Waals surface area (Å²) in [7, 11) is 0. The zero-order valence-corrected chi connectivity index (χ0v) is 20.9. The fourth-order valence-electron chi connectivity index (χ4n) is 5.27. The highest BCUT2D eigenvalue weighted by molar-refractivity contribution is 5.79. The molecular formula is C29H27F4NO3. The van der Waals surface area contributed by atoms with Crippen LogP contribution in [0.25, 0.3) is 0 Å². The van der Waals surface area contributed by atoms with E-state index in [1.807, 2.05) is 24.3 Å². The normalized spacial score (nSPS) is 27.4. The van der Waals surface area contributed by atoms with E-state index >= 15 is 0 Å². The molecule has 4 nitrogen and oxygen atoms in total. The van der Waals surface area contributed by atoms with Crippen molar-refractivity contribution in [2.45, 2.75) is 46.4 Å². The van der Waals surface area contributed by atoms with Crippen molar-refractivity contribution in [2.24, 2.45) is 22.7 Å². The topological polar surface area (TPSA) is 59.3 Å². The largest absolute Gasteiger partial charge is 0.457 e. The average molecular weight is 514 g/mol. The number of halogens is 4. The summed E-state index contributed by atoms with van der Waals surface area (Å²) in [5, 5.41) is 9.74. The number of alkyl halides is 1. The fraction of sp³-hybridized carbons (Fsp3) is 0.379. The Morgan fingerprint density at radius 1 is 1.03 bits per heavy atom. The third-order valence-electron chi connectivity index (χ3n) is 7.95. The average Bonchev–Trinajstić information content (AvgIpc) is 3.33. The van der Waals surface area contributed by atoms with Crippen LogP contribution in [0.1, 0.15) is 45.8 Å². The number of hydrogen-bond acceptors (Lipinski definition) is 4. The van der Waals surface area contributed by atoms with E-state index in [1.54, 1.807) is 57.2 Å². The summed E-state index contributed by atoms with van der Waals surface area (Å²) in [4.78, 5) is 13.2. The molecule has 0 amide bonds. The Morgan fingerprint density at radius 2 is 1.68 bits per heavy atom. The molecule has 5 unspecified atom stereocenters. The molecule has 0 radical (unpaired) electrons. The standard InChI is InChI=1S/C29H27F4NO3/c1-16-20(23(31)25(33)24(32)22(16)30)14-29(4)26(28(29,2)3)27(35)37-21(15-34)17-9-8-12-19(13-17)36-18-10-6-5-7-11-18/h5-13,16,21-22,26H,14H2,1-4H3. The van der Waals surface area contributed by atoms with Gasteiger partial charge in [-0.25, -0.2) is 17.6 Å². The molecule has 8 heteroatoms. The van der Waals surface area contributed by atoms with Crippen molar-refractivity contribution in [2.75, 3.05) is 0 Å². The summed E-state index contributed by atoms with van der Waals surface area (Å²) in [5.74, 6) is -6.62. The molecule has 0 bridgehead atoms. The number of carbonyl (C=O) groups excluding carboxylic acids is 1. The lowest BCUT2D eigenvalue weighted by Crippen LogP contribution is -2.24. The highest BCUT2D eigenvalue weighted by Crippen LogP contribution is 2.72. The minimum Gasteiger partial charge on any atom is -0.457 e. The molecule has 2 aliphatic carbocycles. The van der Waals surface area contributed by atoms with E-state index in [0.717, 1.165) is 0 Å². The predicted octanol–water partition coefficient (Wildman–Crippen LogP) is 8.00. The minimum absolute atomic E-state index is 0.161. The Hall–Kier alpha value is -3.60. The van der Waals surface area contributed by atoms with Gasteiger partial charge >= 0.3 is 5.97 Å². The highest BCUT2D eigenvalue weighted by atomic mass is 19.2. The maximum Gasteiger partial charge on any atom is 0.311 e. The van der Waals surface area contributed by atoms with Crippen LogP contribution in [-0.2, 0) is 9.53 Å². The number of ether oxygens (including phenoxy) is 2. The number of nitriles is 1. The molecule has 0 spiro atoms. The summed E-state index contributed by atoms with van der Waals surface area (Å²) < 4.78 is 67.9. The third-order valence-corrected chi connectivity index (χ3v) is 7.95. The second kappa shape index (κ2) is 9.70. The van der Waals surface area contributed by atoms with Gasteiger partial charge in [0.05, 0.1) is 5.92 Å². The molecule has 0 heterocycles. The zero-order chi connectivity index (χ0) is 27.1. The van der Waals surface area contributed by atoms with Crippen LogP contribution in [0.5, 0.6) is 11.5 Å². The van der Waals surface area contributed by atoms with Gasteiger partial charge in [-0.2, -0.15) is 5.26 Å². The fourth-order valence-corrected chi connectivity index (χ4v) is 5.27. The number of carbonyl (C=O) groups is 1. The van der Waals surface area contributed by atoms with Crippen LogP contribution in [0.3, 0.4) is 0 Å². The van der Waals surface area contributed by atoms with E-state index in [2.05, 4.69) is 0 Å². The summed E-state index contributed by atoms with van der Waals surface area (Å²) in [5.41, 5.74) is -1.45. The molecule has 194 valence electrons. The SMILES string of the molecule is CC1C(CC2(C)C(C(=O)OC(C#N)c3cccc(Oc4ccccc4)c3)C2(C)C)=C(F)C(F)=C(F)C1F. The van der Waals surface area contributed by atoms with Gasteiger partial charge in [-0.1, -0.05) is 58.0 Å². The molecule has 1 fully saturated rings. The zero-order valence-electron chi connectivity index (χ0n) is 20.9. The molecule has 5 atom stereocenters. The van der Waals surface area contributed by atoms with Gasteiger partial charge in [0.1, 0.15) is 17.6 Å². The first-order chi connectivity index (χ1) is 17.4. The Labute approximate surface area is 213 Å². The third kappa shape index (κ3) is 4.63. The van der Waals surface area contributed by atoms with Gasteiger partial charge in [0, 0.05) is 11.5 Å². The van der Waals surface area contributed by atoms with E-state index in [4.69, 9.17) is 9.47 Å². The molecule has 1 saturated carbocycles. The summed E-state index contributed by atoms with van der Waals surface area (Å²) in [6.45, 7) is 6.51. The van der Waals surface area contributed by atoms with E-state index < -0.39 is 58.4 Å². The molecule has 2 aromatic carbocycles. The van der Waals surface area contributed by atoms with Crippen molar-refractivity contribution in [1.82, 2.24) is 0 Å². The van der Waals surface area contributed by atoms with Crippen LogP contribution in [0.2, 0.25) is 0 Å². The first-order valence-electron chi connectivity index (χ1n) is 11.9. The van der Waals surface area contributed by atoms with Crippen LogP contribution in [0, 0.1) is 34.0 Å². The molecule has 2 aliphatic rings. The molecule has 0 N–H and O–H groups in total. The van der Waals surface area contributed by atoms with Crippen LogP contribution in [-0.4, -0.2) is 12.1 Å². The van der Waals surface area contributed by atoms with Crippen molar-refractivity contribution in [1.29, 1.82) is 5.26 Å². The highest BCUT2D eigenvalue weighted by Gasteiger charge is 2.72. The first-order valence-corrected chi connectivity index (χ1v) is 11.9.